The van der Waals surface area contributed by atoms with Gasteiger partial charge < -0.3 is 19.5 Å². The largest absolute Gasteiger partial charge is 0.446 e. The molecule has 2 fully saturated rings. The van der Waals surface area contributed by atoms with Crippen molar-refractivity contribution in [2.45, 2.75) is 55.6 Å². The highest BCUT2D eigenvalue weighted by atomic mass is 32.2. The number of sulfonamides is 1. The lowest BCUT2D eigenvalue weighted by Gasteiger charge is -2.18. The van der Waals surface area contributed by atoms with Crippen LogP contribution < -0.4 is 10.0 Å². The summed E-state index contributed by atoms with van der Waals surface area (Å²) < 4.78 is 37.7. The molecular weight excluding hydrogens is 408 g/mol. The summed E-state index contributed by atoms with van der Waals surface area (Å²) in [6, 6.07) is 7.03. The monoisotopic (exact) mass is 432 g/mol. The van der Waals surface area contributed by atoms with Gasteiger partial charge in [0.15, 0.2) is 5.82 Å². The van der Waals surface area contributed by atoms with Gasteiger partial charge in [-0.15, -0.1) is 0 Å². The summed E-state index contributed by atoms with van der Waals surface area (Å²) in [5, 5.41) is 7.17. The van der Waals surface area contributed by atoms with Crippen LogP contribution in [0.1, 0.15) is 49.3 Å². The summed E-state index contributed by atoms with van der Waals surface area (Å²) in [6.07, 6.45) is 4.18. The zero-order valence-electron chi connectivity index (χ0n) is 16.5. The van der Waals surface area contributed by atoms with Crippen molar-refractivity contribution < 1.29 is 22.5 Å². The van der Waals surface area contributed by atoms with Gasteiger partial charge in [0.25, 0.3) is 0 Å². The van der Waals surface area contributed by atoms with Gasteiger partial charge in [0.2, 0.25) is 10.0 Å². The fourth-order valence-corrected chi connectivity index (χ4v) is 5.66. The standard InChI is InChI=1S/C20H24N4O5S/c25-20(24-7-1-2-8-24)28-16-6-4-13(9-16)17-11-19(23-29-17)22-15-5-3-14-12-21-30(26,27)18(14)10-15/h3,5,10-11,13,16,21H,1-2,4,6-9,12H2,(H,22,23)/t13-,16+/m0/s1. The van der Waals surface area contributed by atoms with Crippen molar-refractivity contribution in [2.75, 3.05) is 18.4 Å². The molecule has 2 atom stereocenters. The van der Waals surface area contributed by atoms with Crippen LogP contribution in [0.2, 0.25) is 0 Å². The van der Waals surface area contributed by atoms with Crippen LogP contribution in [-0.4, -0.2) is 43.8 Å². The Morgan fingerprint density at radius 3 is 2.90 bits per heavy atom. The molecule has 2 aliphatic heterocycles. The maximum atomic E-state index is 12.2. The van der Waals surface area contributed by atoms with E-state index in [1.165, 1.54) is 0 Å². The Morgan fingerprint density at radius 2 is 2.07 bits per heavy atom. The first kappa shape index (κ1) is 19.4. The van der Waals surface area contributed by atoms with Crippen LogP contribution >= 0.6 is 0 Å². The lowest BCUT2D eigenvalue weighted by atomic mass is 10.1. The fraction of sp³-hybridized carbons (Fsp3) is 0.500. The molecule has 10 heteroatoms. The SMILES string of the molecule is O=C(O[C@@H]1CC[C@H](c2cc(Nc3ccc4c(c3)S(=O)(=O)NC4)no2)C1)N1CCCC1. The molecule has 9 nitrogen and oxygen atoms in total. The average molecular weight is 433 g/mol. The van der Waals surface area contributed by atoms with Crippen molar-refractivity contribution >= 4 is 27.6 Å². The summed E-state index contributed by atoms with van der Waals surface area (Å²) in [6.45, 7) is 1.88. The van der Waals surface area contributed by atoms with Crippen molar-refractivity contribution in [3.05, 3.63) is 35.6 Å². The second kappa shape index (κ2) is 7.59. The number of hydrogen-bond acceptors (Lipinski definition) is 7. The minimum atomic E-state index is -3.43. The molecule has 1 amide bonds. The van der Waals surface area contributed by atoms with E-state index in [1.807, 2.05) is 12.1 Å². The number of aromatic nitrogens is 1. The Balaban J connectivity index is 1.21. The van der Waals surface area contributed by atoms with Crippen LogP contribution in [0.15, 0.2) is 33.7 Å². The van der Waals surface area contributed by atoms with E-state index in [1.54, 1.807) is 17.0 Å². The number of likely N-dealkylation sites (tertiary alicyclic amines) is 1. The van der Waals surface area contributed by atoms with E-state index in [9.17, 15) is 13.2 Å². The number of amides is 1. The summed E-state index contributed by atoms with van der Waals surface area (Å²) in [5.41, 5.74) is 1.38. The van der Waals surface area contributed by atoms with Crippen molar-refractivity contribution in [1.82, 2.24) is 14.8 Å². The van der Waals surface area contributed by atoms with E-state index in [2.05, 4.69) is 15.2 Å². The van der Waals surface area contributed by atoms with Gasteiger partial charge >= 0.3 is 6.09 Å². The molecule has 0 bridgehead atoms. The normalized spacial score (nSPS) is 24.7. The zero-order chi connectivity index (χ0) is 20.7. The van der Waals surface area contributed by atoms with Crippen LogP contribution in [-0.2, 0) is 21.3 Å². The van der Waals surface area contributed by atoms with Crippen LogP contribution in [0, 0.1) is 0 Å². The first-order chi connectivity index (χ1) is 14.5. The Morgan fingerprint density at radius 1 is 1.23 bits per heavy atom. The number of ether oxygens (including phenoxy) is 1. The molecule has 0 unspecified atom stereocenters. The molecule has 2 N–H and O–H groups in total. The molecule has 2 aromatic rings. The highest BCUT2D eigenvalue weighted by Gasteiger charge is 2.33. The van der Waals surface area contributed by atoms with E-state index >= 15 is 0 Å². The van der Waals surface area contributed by atoms with Gasteiger partial charge in [0.05, 0.1) is 4.90 Å². The van der Waals surface area contributed by atoms with Crippen LogP contribution in [0.5, 0.6) is 0 Å². The molecule has 3 aliphatic rings. The number of hydrogen-bond donors (Lipinski definition) is 2. The van der Waals surface area contributed by atoms with Gasteiger partial charge in [0, 0.05) is 37.3 Å². The maximum Gasteiger partial charge on any atom is 0.410 e. The third-order valence-electron chi connectivity index (χ3n) is 6.03. The van der Waals surface area contributed by atoms with Crippen LogP contribution in [0.4, 0.5) is 16.3 Å². The van der Waals surface area contributed by atoms with Crippen molar-refractivity contribution in [1.29, 1.82) is 0 Å². The Bertz CT molecular complexity index is 1060. The number of nitrogens with one attached hydrogen (secondary N) is 2. The Hall–Kier alpha value is -2.59. The Kier molecular flexibility index (Phi) is 4.90. The first-order valence-corrected chi connectivity index (χ1v) is 11.8. The van der Waals surface area contributed by atoms with Gasteiger partial charge in [-0.2, -0.15) is 0 Å². The molecule has 1 saturated heterocycles. The second-order valence-electron chi connectivity index (χ2n) is 8.10. The van der Waals surface area contributed by atoms with Gasteiger partial charge in [0.1, 0.15) is 11.9 Å². The van der Waals surface area contributed by atoms with Crippen LogP contribution in [0.25, 0.3) is 0 Å². The van der Waals surface area contributed by atoms with E-state index in [0.717, 1.165) is 56.5 Å². The lowest BCUT2D eigenvalue weighted by molar-refractivity contribution is 0.0705. The van der Waals surface area contributed by atoms with E-state index < -0.39 is 10.0 Å². The third-order valence-corrected chi connectivity index (χ3v) is 7.51. The molecular formula is C20H24N4O5S. The molecule has 5 rings (SSSR count). The molecule has 1 aromatic heterocycles. The third kappa shape index (κ3) is 3.77. The molecule has 160 valence electrons. The first-order valence-electron chi connectivity index (χ1n) is 10.3. The summed E-state index contributed by atoms with van der Waals surface area (Å²) >= 11 is 0. The van der Waals surface area contributed by atoms with E-state index in [4.69, 9.17) is 9.26 Å². The second-order valence-corrected chi connectivity index (χ2v) is 9.83. The smallest absolute Gasteiger partial charge is 0.410 e. The van der Waals surface area contributed by atoms with Crippen molar-refractivity contribution in [3.8, 4) is 0 Å². The number of nitrogens with zero attached hydrogens (tertiary/aromatic N) is 2. The zero-order valence-corrected chi connectivity index (χ0v) is 17.3. The predicted octanol–water partition coefficient (Wildman–Crippen LogP) is 3.08. The topological polar surface area (TPSA) is 114 Å². The number of rotatable bonds is 4. The number of fused-ring (bicyclic) bond motifs is 1. The van der Waals surface area contributed by atoms with E-state index in [0.29, 0.717) is 18.1 Å². The molecule has 1 aliphatic carbocycles. The molecule has 30 heavy (non-hydrogen) atoms. The summed E-state index contributed by atoms with van der Waals surface area (Å²) in [7, 11) is -3.43. The number of anilines is 2. The highest BCUT2D eigenvalue weighted by molar-refractivity contribution is 7.89. The Labute approximate surface area is 174 Å². The number of benzene rings is 1. The fourth-order valence-electron chi connectivity index (χ4n) is 4.39. The quantitative estimate of drug-likeness (QED) is 0.763. The molecule has 1 saturated carbocycles. The molecule has 3 heterocycles. The van der Waals surface area contributed by atoms with Gasteiger partial charge in [-0.3, -0.25) is 0 Å². The molecule has 1 aromatic carbocycles. The van der Waals surface area contributed by atoms with Crippen LogP contribution in [0.3, 0.4) is 0 Å². The van der Waals surface area contributed by atoms with E-state index in [-0.39, 0.29) is 23.0 Å². The van der Waals surface area contributed by atoms with Crippen molar-refractivity contribution in [3.63, 3.8) is 0 Å². The number of carbonyl (C=O) groups is 1. The predicted molar refractivity (Wildman–Crippen MR) is 108 cm³/mol. The van der Waals surface area contributed by atoms with Gasteiger partial charge in [-0.05, 0) is 49.8 Å². The molecule has 0 spiro atoms. The van der Waals surface area contributed by atoms with Crippen molar-refractivity contribution in [2.24, 2.45) is 0 Å². The summed E-state index contributed by atoms with van der Waals surface area (Å²) in [5.74, 6) is 1.41. The lowest BCUT2D eigenvalue weighted by Crippen LogP contribution is -2.31. The number of carbonyl (C=O) groups excluding carboxylic acids is 1. The average Bonchev–Trinajstić information content (AvgIpc) is 3.50. The maximum absolute atomic E-state index is 12.2. The minimum absolute atomic E-state index is 0.0981. The van der Waals surface area contributed by atoms with Gasteiger partial charge in [-0.1, -0.05) is 11.2 Å². The summed E-state index contributed by atoms with van der Waals surface area (Å²) in [4.78, 5) is 14.2. The highest BCUT2D eigenvalue weighted by Crippen LogP contribution is 2.37. The minimum Gasteiger partial charge on any atom is -0.446 e. The van der Waals surface area contributed by atoms with Gasteiger partial charge in [-0.25, -0.2) is 17.9 Å². The molecule has 0 radical (unpaired) electrons.